The Morgan fingerprint density at radius 3 is 2.53 bits per heavy atom. The van der Waals surface area contributed by atoms with Crippen LogP contribution in [0.1, 0.15) is 34.3 Å². The van der Waals surface area contributed by atoms with Crippen molar-refractivity contribution < 1.29 is 24.0 Å². The number of nitrogens with one attached hydrogen (secondary N) is 1. The number of carbonyl (C=O) groups is 2. The molecule has 0 radical (unpaired) electrons. The maximum absolute atomic E-state index is 12.7. The molecular weight excluding hydrogens is 488 g/mol. The van der Waals surface area contributed by atoms with Crippen LogP contribution in [0.5, 0.6) is 5.75 Å². The highest BCUT2D eigenvalue weighted by molar-refractivity contribution is 5.96. The molecule has 0 saturated carbocycles. The lowest BCUT2D eigenvalue weighted by Crippen LogP contribution is -2.49. The van der Waals surface area contributed by atoms with Crippen LogP contribution in [0.25, 0.3) is 0 Å². The number of ether oxygens (including phenoxy) is 2. The van der Waals surface area contributed by atoms with Crippen molar-refractivity contribution in [3.05, 3.63) is 93.5 Å². The van der Waals surface area contributed by atoms with Crippen molar-refractivity contribution in [1.29, 1.82) is 0 Å². The van der Waals surface area contributed by atoms with Crippen molar-refractivity contribution in [3.8, 4) is 5.75 Å². The monoisotopic (exact) mass is 516 g/mol. The smallest absolute Gasteiger partial charge is 0.414 e. The lowest BCUT2D eigenvalue weighted by Gasteiger charge is -2.40. The zero-order valence-corrected chi connectivity index (χ0v) is 21.0. The summed E-state index contributed by atoms with van der Waals surface area (Å²) in [4.78, 5) is 40.4. The van der Waals surface area contributed by atoms with E-state index in [-0.39, 0.29) is 36.5 Å². The number of rotatable bonds is 7. The van der Waals surface area contributed by atoms with Gasteiger partial charge in [-0.2, -0.15) is 0 Å². The topological polar surface area (TPSA) is 114 Å². The number of cyclic esters (lactones) is 1. The summed E-state index contributed by atoms with van der Waals surface area (Å²) in [6, 6.07) is 19.5. The molecule has 0 aliphatic carbocycles. The van der Waals surface area contributed by atoms with Crippen LogP contribution >= 0.6 is 0 Å². The van der Waals surface area contributed by atoms with Crippen LogP contribution in [-0.4, -0.2) is 43.2 Å². The van der Waals surface area contributed by atoms with E-state index in [0.29, 0.717) is 31.6 Å². The Kier molecular flexibility index (Phi) is 7.12. The normalized spacial score (nSPS) is 15.4. The van der Waals surface area contributed by atoms with E-state index in [1.165, 1.54) is 6.07 Å². The highest BCUT2D eigenvalue weighted by atomic mass is 16.6. The fourth-order valence-electron chi connectivity index (χ4n) is 4.99. The van der Waals surface area contributed by atoms with Crippen molar-refractivity contribution in [2.24, 2.45) is 0 Å². The highest BCUT2D eigenvalue weighted by Crippen LogP contribution is 2.35. The third-order valence-electron chi connectivity index (χ3n) is 7.02. The predicted molar refractivity (Wildman–Crippen MR) is 142 cm³/mol. The molecule has 10 heteroatoms. The second kappa shape index (κ2) is 10.8. The zero-order chi connectivity index (χ0) is 26.6. The van der Waals surface area contributed by atoms with Crippen LogP contribution in [0, 0.1) is 10.1 Å². The van der Waals surface area contributed by atoms with Crippen LogP contribution in [0.2, 0.25) is 0 Å². The molecule has 2 amide bonds. The number of hydrogen-bond donors (Lipinski definition) is 1. The summed E-state index contributed by atoms with van der Waals surface area (Å²) in [6.07, 6.45) is 0.896. The molecule has 1 saturated heterocycles. The number of nitrogens with zero attached hydrogens (tertiary/aromatic N) is 3. The third-order valence-corrected chi connectivity index (χ3v) is 7.02. The molecule has 3 aromatic rings. The molecule has 10 nitrogen and oxygen atoms in total. The van der Waals surface area contributed by atoms with E-state index in [1.54, 1.807) is 36.3 Å². The van der Waals surface area contributed by atoms with Crippen LogP contribution in [-0.2, 0) is 17.9 Å². The Morgan fingerprint density at radius 1 is 1.08 bits per heavy atom. The van der Waals surface area contributed by atoms with Gasteiger partial charge in [0.05, 0.1) is 17.7 Å². The average Bonchev–Trinajstić information content (AvgIpc) is 2.96. The van der Waals surface area contributed by atoms with Crippen molar-refractivity contribution >= 4 is 29.1 Å². The summed E-state index contributed by atoms with van der Waals surface area (Å²) < 4.78 is 10.5. The summed E-state index contributed by atoms with van der Waals surface area (Å²) in [5.74, 6) is 0.326. The first-order valence-electron chi connectivity index (χ1n) is 12.4. The molecule has 2 heterocycles. The number of fused-ring (bicyclic) bond motifs is 1. The molecular formula is C28H28N4O6. The van der Waals surface area contributed by atoms with Gasteiger partial charge in [0.1, 0.15) is 18.0 Å². The molecule has 0 atom stereocenters. The van der Waals surface area contributed by atoms with Crippen LogP contribution in [0.3, 0.4) is 0 Å². The maximum atomic E-state index is 12.7. The molecule has 0 aromatic heterocycles. The quantitative estimate of drug-likeness (QED) is 0.359. The van der Waals surface area contributed by atoms with Gasteiger partial charge in [-0.1, -0.05) is 30.3 Å². The van der Waals surface area contributed by atoms with Gasteiger partial charge in [-0.25, -0.2) is 4.79 Å². The largest absolute Gasteiger partial charge is 0.497 e. The zero-order valence-electron chi connectivity index (χ0n) is 21.0. The Hall–Kier alpha value is -4.60. The van der Waals surface area contributed by atoms with Crippen LogP contribution in [0.15, 0.2) is 66.7 Å². The summed E-state index contributed by atoms with van der Waals surface area (Å²) >= 11 is 0. The fourth-order valence-corrected chi connectivity index (χ4v) is 4.99. The van der Waals surface area contributed by atoms with Gasteiger partial charge in [-0.3, -0.25) is 19.8 Å². The number of piperidine rings is 1. The summed E-state index contributed by atoms with van der Waals surface area (Å²) in [5.41, 5.74) is 3.26. The Morgan fingerprint density at radius 2 is 1.82 bits per heavy atom. The number of methoxy groups -OCH3 is 1. The van der Waals surface area contributed by atoms with Crippen LogP contribution in [0.4, 0.5) is 21.9 Å². The first-order valence-corrected chi connectivity index (χ1v) is 12.4. The van der Waals surface area contributed by atoms with E-state index in [0.717, 1.165) is 22.6 Å². The number of benzene rings is 3. The lowest BCUT2D eigenvalue weighted by atomic mass is 9.99. The summed E-state index contributed by atoms with van der Waals surface area (Å²) in [5, 5.41) is 14.7. The number of amides is 2. The molecule has 0 unspecified atom stereocenters. The van der Waals surface area contributed by atoms with E-state index in [2.05, 4.69) is 5.32 Å². The highest BCUT2D eigenvalue weighted by Gasteiger charge is 2.35. The fraction of sp³-hybridized carbons (Fsp3) is 0.286. The maximum Gasteiger partial charge on any atom is 0.414 e. The number of anilines is 2. The van der Waals surface area contributed by atoms with Crippen molar-refractivity contribution in [1.82, 2.24) is 5.32 Å². The third kappa shape index (κ3) is 5.10. The van der Waals surface area contributed by atoms with E-state index in [1.807, 2.05) is 41.3 Å². The minimum Gasteiger partial charge on any atom is -0.497 e. The number of carbonyl (C=O) groups excluding carboxylic acids is 2. The Bertz CT molecular complexity index is 1350. The van der Waals surface area contributed by atoms with E-state index >= 15 is 0 Å². The van der Waals surface area contributed by atoms with Gasteiger partial charge in [0.25, 0.3) is 11.6 Å². The molecule has 1 fully saturated rings. The number of nitro benzene ring substituents is 1. The first kappa shape index (κ1) is 25.1. The van der Waals surface area contributed by atoms with Gasteiger partial charge in [-0.05, 0) is 48.7 Å². The number of para-hydroxylation sites is 1. The first-order chi connectivity index (χ1) is 18.4. The molecule has 38 heavy (non-hydrogen) atoms. The predicted octanol–water partition coefficient (Wildman–Crippen LogP) is 4.66. The van der Waals surface area contributed by atoms with Gasteiger partial charge >= 0.3 is 6.09 Å². The molecule has 0 bridgehead atoms. The molecule has 196 valence electrons. The van der Waals surface area contributed by atoms with Gasteiger partial charge in [0.2, 0.25) is 0 Å². The molecule has 3 aromatic carbocycles. The standard InChI is InChI=1S/C28H28N4O6/c1-37-23-9-6-19(7-10-23)17-29-27(33)20-8-11-25(26(16-20)32(35)36)30-14-12-22(13-15-30)31-24-5-3-2-4-21(24)18-38-28(31)34/h2-11,16,22H,12-15,17-18H2,1H3,(H,29,33). The van der Waals surface area contributed by atoms with E-state index < -0.39 is 10.8 Å². The Balaban J connectivity index is 1.26. The molecule has 0 spiro atoms. The minimum atomic E-state index is -0.458. The molecule has 2 aliphatic heterocycles. The molecule has 1 N–H and O–H groups in total. The van der Waals surface area contributed by atoms with Gasteiger partial charge in [0, 0.05) is 42.9 Å². The number of hydrogen-bond acceptors (Lipinski definition) is 7. The SMILES string of the molecule is COc1ccc(CNC(=O)c2ccc(N3CCC(N4C(=O)OCc5ccccc54)CC3)c([N+](=O)[O-])c2)cc1. The summed E-state index contributed by atoms with van der Waals surface area (Å²) in [6.45, 7) is 1.60. The molecule has 2 aliphatic rings. The Labute approximate surface area is 219 Å². The average molecular weight is 517 g/mol. The summed E-state index contributed by atoms with van der Waals surface area (Å²) in [7, 11) is 1.58. The van der Waals surface area contributed by atoms with Crippen molar-refractivity contribution in [2.45, 2.75) is 32.0 Å². The second-order valence-corrected chi connectivity index (χ2v) is 9.26. The van der Waals surface area contributed by atoms with Gasteiger partial charge in [-0.15, -0.1) is 0 Å². The van der Waals surface area contributed by atoms with E-state index in [9.17, 15) is 19.7 Å². The van der Waals surface area contributed by atoms with Gasteiger partial charge in [0.15, 0.2) is 0 Å². The van der Waals surface area contributed by atoms with Crippen LogP contribution < -0.4 is 19.9 Å². The van der Waals surface area contributed by atoms with Gasteiger partial charge < -0.3 is 19.7 Å². The van der Waals surface area contributed by atoms with E-state index in [4.69, 9.17) is 9.47 Å². The minimum absolute atomic E-state index is 0.0674. The van der Waals surface area contributed by atoms with Crippen molar-refractivity contribution in [2.75, 3.05) is 30.0 Å². The lowest BCUT2D eigenvalue weighted by molar-refractivity contribution is -0.384. The number of nitro groups is 1. The van der Waals surface area contributed by atoms with Crippen molar-refractivity contribution in [3.63, 3.8) is 0 Å². The second-order valence-electron chi connectivity index (χ2n) is 9.26. The molecule has 5 rings (SSSR count).